The summed E-state index contributed by atoms with van der Waals surface area (Å²) in [4.78, 5) is 11.9. The SMILES string of the molecule is CCOc1cc(/C=N\NC(=O)CSc2nnc(C)s2)ccc1OCc1ccccc1Cl. The van der Waals surface area contributed by atoms with E-state index in [-0.39, 0.29) is 11.7 Å². The fourth-order valence-corrected chi connectivity index (χ4v) is 4.24. The molecule has 0 unspecified atom stereocenters. The van der Waals surface area contributed by atoms with Crippen molar-refractivity contribution in [1.82, 2.24) is 15.6 Å². The topological polar surface area (TPSA) is 85.7 Å². The third-order valence-corrected chi connectivity index (χ3v) is 6.19. The van der Waals surface area contributed by atoms with E-state index >= 15 is 0 Å². The number of hydrazone groups is 1. The van der Waals surface area contributed by atoms with Crippen LogP contribution in [0.3, 0.4) is 0 Å². The van der Waals surface area contributed by atoms with Crippen LogP contribution in [0, 0.1) is 6.92 Å². The summed E-state index contributed by atoms with van der Waals surface area (Å²) >= 11 is 8.96. The molecular formula is C21H21ClN4O3S2. The summed E-state index contributed by atoms with van der Waals surface area (Å²) in [5.74, 6) is 1.18. The highest BCUT2D eigenvalue weighted by Gasteiger charge is 2.09. The van der Waals surface area contributed by atoms with Crippen molar-refractivity contribution in [3.8, 4) is 11.5 Å². The van der Waals surface area contributed by atoms with Crippen molar-refractivity contribution in [3.05, 3.63) is 63.6 Å². The molecular weight excluding hydrogens is 456 g/mol. The van der Waals surface area contributed by atoms with Crippen molar-refractivity contribution < 1.29 is 14.3 Å². The lowest BCUT2D eigenvalue weighted by Crippen LogP contribution is -2.19. The van der Waals surface area contributed by atoms with Crippen molar-refractivity contribution in [3.63, 3.8) is 0 Å². The molecule has 0 aliphatic carbocycles. The minimum absolute atomic E-state index is 0.213. The number of rotatable bonds is 10. The molecule has 7 nitrogen and oxygen atoms in total. The number of carbonyl (C=O) groups excluding carboxylic acids is 1. The Morgan fingerprint density at radius 1 is 1.23 bits per heavy atom. The molecule has 0 radical (unpaired) electrons. The van der Waals surface area contributed by atoms with E-state index in [1.54, 1.807) is 18.3 Å². The van der Waals surface area contributed by atoms with Gasteiger partial charge < -0.3 is 9.47 Å². The molecule has 0 spiro atoms. The predicted molar refractivity (Wildman–Crippen MR) is 125 cm³/mol. The molecule has 0 saturated heterocycles. The monoisotopic (exact) mass is 476 g/mol. The van der Waals surface area contributed by atoms with E-state index in [2.05, 4.69) is 20.7 Å². The Bertz CT molecular complexity index is 1060. The number of aromatic nitrogens is 2. The van der Waals surface area contributed by atoms with E-state index in [9.17, 15) is 4.79 Å². The quantitative estimate of drug-likeness (QED) is 0.259. The summed E-state index contributed by atoms with van der Waals surface area (Å²) in [5, 5.41) is 13.4. The van der Waals surface area contributed by atoms with Gasteiger partial charge in [-0.05, 0) is 43.7 Å². The zero-order valence-electron chi connectivity index (χ0n) is 17.0. The van der Waals surface area contributed by atoms with E-state index in [1.165, 1.54) is 23.1 Å². The molecule has 1 heterocycles. The van der Waals surface area contributed by atoms with E-state index in [1.807, 2.05) is 44.2 Å². The molecule has 0 atom stereocenters. The van der Waals surface area contributed by atoms with Crippen LogP contribution in [0.4, 0.5) is 0 Å². The number of thioether (sulfide) groups is 1. The molecule has 0 bridgehead atoms. The number of carbonyl (C=O) groups is 1. The van der Waals surface area contributed by atoms with Crippen molar-refractivity contribution >= 4 is 46.8 Å². The Morgan fingerprint density at radius 2 is 2.06 bits per heavy atom. The van der Waals surface area contributed by atoms with Crippen LogP contribution >= 0.6 is 34.7 Å². The van der Waals surface area contributed by atoms with Gasteiger partial charge in [0.2, 0.25) is 0 Å². The Morgan fingerprint density at radius 3 is 2.81 bits per heavy atom. The maximum Gasteiger partial charge on any atom is 0.250 e. The summed E-state index contributed by atoms with van der Waals surface area (Å²) in [5.41, 5.74) is 4.16. The molecule has 0 aliphatic rings. The second kappa shape index (κ2) is 11.7. The van der Waals surface area contributed by atoms with Crippen LogP contribution < -0.4 is 14.9 Å². The zero-order valence-corrected chi connectivity index (χ0v) is 19.4. The molecule has 1 amide bonds. The second-order valence-electron chi connectivity index (χ2n) is 6.19. The van der Waals surface area contributed by atoms with Crippen molar-refractivity contribution in [2.45, 2.75) is 24.8 Å². The van der Waals surface area contributed by atoms with Gasteiger partial charge >= 0.3 is 0 Å². The van der Waals surface area contributed by atoms with E-state index in [0.29, 0.717) is 29.7 Å². The van der Waals surface area contributed by atoms with Gasteiger partial charge in [-0.3, -0.25) is 4.79 Å². The summed E-state index contributed by atoms with van der Waals surface area (Å²) in [6.07, 6.45) is 1.55. The number of hydrogen-bond acceptors (Lipinski definition) is 8. The molecule has 162 valence electrons. The smallest absolute Gasteiger partial charge is 0.250 e. The standard InChI is InChI=1S/C21H21ClN4O3S2/c1-3-28-19-10-15(8-9-18(19)29-12-16-6-4-5-7-17(16)22)11-23-25-20(27)13-30-21-26-24-14(2)31-21/h4-11H,3,12-13H2,1-2H3,(H,25,27)/b23-11-. The van der Waals surface area contributed by atoms with Crippen LogP contribution in [-0.4, -0.2) is 34.7 Å². The molecule has 3 aromatic rings. The van der Waals surface area contributed by atoms with Gasteiger partial charge in [-0.15, -0.1) is 10.2 Å². The predicted octanol–water partition coefficient (Wildman–Crippen LogP) is 4.72. The average Bonchev–Trinajstić information content (AvgIpc) is 3.18. The summed E-state index contributed by atoms with van der Waals surface area (Å²) in [7, 11) is 0. The molecule has 10 heteroatoms. The molecule has 1 aromatic heterocycles. The van der Waals surface area contributed by atoms with Gasteiger partial charge in [0.05, 0.1) is 18.6 Å². The molecule has 0 aliphatic heterocycles. The summed E-state index contributed by atoms with van der Waals surface area (Å²) in [6, 6.07) is 13.0. The first-order valence-corrected chi connectivity index (χ1v) is 11.6. The number of halogens is 1. The Labute approximate surface area is 193 Å². The number of amides is 1. The highest BCUT2D eigenvalue weighted by Crippen LogP contribution is 2.29. The third-order valence-electron chi connectivity index (χ3n) is 3.85. The Kier molecular flexibility index (Phi) is 8.69. The van der Waals surface area contributed by atoms with E-state index < -0.39 is 0 Å². The highest BCUT2D eigenvalue weighted by molar-refractivity contribution is 8.01. The fourth-order valence-electron chi connectivity index (χ4n) is 2.44. The van der Waals surface area contributed by atoms with Crippen LogP contribution in [0.25, 0.3) is 0 Å². The first-order valence-electron chi connectivity index (χ1n) is 9.43. The maximum atomic E-state index is 11.9. The van der Waals surface area contributed by atoms with Crippen molar-refractivity contribution in [2.75, 3.05) is 12.4 Å². The minimum atomic E-state index is -0.223. The van der Waals surface area contributed by atoms with E-state index in [0.717, 1.165) is 20.5 Å². The maximum absolute atomic E-state index is 11.9. The molecule has 0 saturated carbocycles. The Balaban J connectivity index is 1.56. The number of ether oxygens (including phenoxy) is 2. The van der Waals surface area contributed by atoms with Gasteiger partial charge in [0.25, 0.3) is 5.91 Å². The first-order chi connectivity index (χ1) is 15.0. The van der Waals surface area contributed by atoms with Crippen LogP contribution in [0.1, 0.15) is 23.1 Å². The number of hydrogen-bond donors (Lipinski definition) is 1. The number of benzene rings is 2. The van der Waals surface area contributed by atoms with Crippen LogP contribution in [0.2, 0.25) is 5.02 Å². The second-order valence-corrected chi connectivity index (χ2v) is 9.00. The third kappa shape index (κ3) is 7.23. The molecule has 2 aromatic carbocycles. The molecule has 3 rings (SSSR count). The largest absolute Gasteiger partial charge is 0.490 e. The van der Waals surface area contributed by atoms with E-state index in [4.69, 9.17) is 21.1 Å². The van der Waals surface area contributed by atoms with Crippen molar-refractivity contribution in [1.29, 1.82) is 0 Å². The van der Waals surface area contributed by atoms with Crippen LogP contribution in [-0.2, 0) is 11.4 Å². The lowest BCUT2D eigenvalue weighted by Gasteiger charge is -2.13. The van der Waals surface area contributed by atoms with Gasteiger partial charge in [0, 0.05) is 10.6 Å². The summed E-state index contributed by atoms with van der Waals surface area (Å²) in [6.45, 7) is 4.59. The number of nitrogens with zero attached hydrogens (tertiary/aromatic N) is 3. The normalized spacial score (nSPS) is 10.9. The molecule has 1 N–H and O–H groups in total. The number of aryl methyl sites for hydroxylation is 1. The molecule has 31 heavy (non-hydrogen) atoms. The first kappa shape index (κ1) is 23.1. The minimum Gasteiger partial charge on any atom is -0.490 e. The van der Waals surface area contributed by atoms with Gasteiger partial charge in [0.1, 0.15) is 11.6 Å². The molecule has 0 fully saturated rings. The summed E-state index contributed by atoms with van der Waals surface area (Å²) < 4.78 is 12.3. The lowest BCUT2D eigenvalue weighted by molar-refractivity contribution is -0.118. The van der Waals surface area contributed by atoms with Crippen LogP contribution in [0.5, 0.6) is 11.5 Å². The highest BCUT2D eigenvalue weighted by atomic mass is 35.5. The van der Waals surface area contributed by atoms with Crippen molar-refractivity contribution in [2.24, 2.45) is 5.10 Å². The van der Waals surface area contributed by atoms with Gasteiger partial charge in [0.15, 0.2) is 15.8 Å². The number of nitrogens with one attached hydrogen (secondary N) is 1. The fraction of sp³-hybridized carbons (Fsp3) is 0.238. The van der Waals surface area contributed by atoms with Gasteiger partial charge in [-0.1, -0.05) is 52.9 Å². The van der Waals surface area contributed by atoms with Gasteiger partial charge in [-0.2, -0.15) is 5.10 Å². The average molecular weight is 477 g/mol. The van der Waals surface area contributed by atoms with Gasteiger partial charge in [-0.25, -0.2) is 5.43 Å². The zero-order chi connectivity index (χ0) is 22.1. The van der Waals surface area contributed by atoms with Crippen LogP contribution in [0.15, 0.2) is 51.9 Å². The lowest BCUT2D eigenvalue weighted by atomic mass is 10.2. The Hall–Kier alpha value is -2.62.